The number of aromatic nitrogens is 1. The van der Waals surface area contributed by atoms with Gasteiger partial charge in [0, 0.05) is 36.6 Å². The Hall–Kier alpha value is -2.40. The summed E-state index contributed by atoms with van der Waals surface area (Å²) in [7, 11) is 0. The second kappa shape index (κ2) is 6.40. The number of amides is 2. The molecule has 4 aliphatic rings. The van der Waals surface area contributed by atoms with Gasteiger partial charge in [-0.25, -0.2) is 4.79 Å². The van der Waals surface area contributed by atoms with Crippen molar-refractivity contribution in [3.05, 3.63) is 60.4 Å². The molecule has 5 nitrogen and oxygen atoms in total. The fourth-order valence-corrected chi connectivity index (χ4v) is 5.26. The standard InChI is InChI=1S/C21H24N4O/c26-21(23-17-6-2-1-3-7-17)25-14-18(16-5-4-10-22-13-16)20-19(25)15-8-11-24(20)12-9-15/h1-7,10,13,15,18-20H,8-9,11-12,14H2,(H,23,26). The van der Waals surface area contributed by atoms with Crippen molar-refractivity contribution < 1.29 is 4.79 Å². The van der Waals surface area contributed by atoms with E-state index in [9.17, 15) is 4.79 Å². The zero-order chi connectivity index (χ0) is 17.5. The average Bonchev–Trinajstić information content (AvgIpc) is 3.13. The molecule has 4 aliphatic heterocycles. The van der Waals surface area contributed by atoms with E-state index < -0.39 is 0 Å². The maximum atomic E-state index is 13.1. The first-order valence-corrected chi connectivity index (χ1v) is 9.58. The number of benzene rings is 1. The molecular formula is C21H24N4O. The summed E-state index contributed by atoms with van der Waals surface area (Å²) in [6.07, 6.45) is 6.21. The fourth-order valence-electron chi connectivity index (χ4n) is 5.26. The summed E-state index contributed by atoms with van der Waals surface area (Å²) in [5, 5.41) is 3.10. The smallest absolute Gasteiger partial charge is 0.319 e. The van der Waals surface area contributed by atoms with Gasteiger partial charge in [-0.3, -0.25) is 9.88 Å². The Balaban J connectivity index is 1.45. The second-order valence-electron chi connectivity index (χ2n) is 7.70. The van der Waals surface area contributed by atoms with Crippen LogP contribution in [-0.2, 0) is 0 Å². The summed E-state index contributed by atoms with van der Waals surface area (Å²) < 4.78 is 0. The molecule has 0 saturated carbocycles. The highest BCUT2D eigenvalue weighted by Crippen LogP contribution is 2.46. The van der Waals surface area contributed by atoms with E-state index in [1.54, 1.807) is 0 Å². The number of hydrogen-bond acceptors (Lipinski definition) is 3. The van der Waals surface area contributed by atoms with E-state index in [-0.39, 0.29) is 6.03 Å². The first-order valence-electron chi connectivity index (χ1n) is 9.58. The minimum absolute atomic E-state index is 0.0336. The molecule has 6 rings (SSSR count). The number of rotatable bonds is 2. The minimum atomic E-state index is 0.0336. The first kappa shape index (κ1) is 15.8. The van der Waals surface area contributed by atoms with Crippen LogP contribution in [0.4, 0.5) is 10.5 Å². The number of urea groups is 1. The number of piperidine rings is 3. The summed E-state index contributed by atoms with van der Waals surface area (Å²) in [6, 6.07) is 14.7. The van der Waals surface area contributed by atoms with Crippen molar-refractivity contribution in [3.63, 3.8) is 0 Å². The Morgan fingerprint density at radius 2 is 1.85 bits per heavy atom. The number of nitrogens with one attached hydrogen (secondary N) is 1. The quantitative estimate of drug-likeness (QED) is 0.907. The van der Waals surface area contributed by atoms with E-state index in [1.165, 1.54) is 18.4 Å². The van der Waals surface area contributed by atoms with Gasteiger partial charge in [0.25, 0.3) is 0 Å². The van der Waals surface area contributed by atoms with E-state index in [2.05, 4.69) is 26.2 Å². The third-order valence-corrected chi connectivity index (χ3v) is 6.39. The third-order valence-electron chi connectivity index (χ3n) is 6.39. The SMILES string of the molecule is O=C(Nc1ccccc1)N1CC(c2cccnc2)C2C1C1CCN2CC1. The van der Waals surface area contributed by atoms with Crippen molar-refractivity contribution in [3.8, 4) is 0 Å². The molecule has 3 atom stereocenters. The van der Waals surface area contributed by atoms with Crippen LogP contribution in [0, 0.1) is 5.92 Å². The molecule has 1 N–H and O–H groups in total. The van der Waals surface area contributed by atoms with Gasteiger partial charge in [0.1, 0.15) is 0 Å². The van der Waals surface area contributed by atoms with Crippen LogP contribution >= 0.6 is 0 Å². The summed E-state index contributed by atoms with van der Waals surface area (Å²) in [5.41, 5.74) is 2.12. The predicted molar refractivity (Wildman–Crippen MR) is 101 cm³/mol. The molecule has 26 heavy (non-hydrogen) atoms. The van der Waals surface area contributed by atoms with Crippen molar-refractivity contribution >= 4 is 11.7 Å². The number of carbonyl (C=O) groups excluding carboxylic acids is 1. The number of fused-ring (bicyclic) bond motifs is 2. The van der Waals surface area contributed by atoms with E-state index in [0.29, 0.717) is 23.9 Å². The van der Waals surface area contributed by atoms with Gasteiger partial charge in [-0.1, -0.05) is 24.3 Å². The van der Waals surface area contributed by atoms with Gasteiger partial charge in [-0.15, -0.1) is 0 Å². The van der Waals surface area contributed by atoms with Gasteiger partial charge in [0.2, 0.25) is 0 Å². The molecule has 1 aromatic heterocycles. The maximum Gasteiger partial charge on any atom is 0.322 e. The van der Waals surface area contributed by atoms with Crippen LogP contribution in [0.3, 0.4) is 0 Å². The maximum absolute atomic E-state index is 13.1. The molecule has 4 saturated heterocycles. The van der Waals surface area contributed by atoms with Gasteiger partial charge >= 0.3 is 6.03 Å². The molecule has 5 heteroatoms. The topological polar surface area (TPSA) is 48.5 Å². The molecule has 3 unspecified atom stereocenters. The van der Waals surface area contributed by atoms with Gasteiger partial charge in [0.15, 0.2) is 0 Å². The lowest BCUT2D eigenvalue weighted by molar-refractivity contribution is 0.00493. The second-order valence-corrected chi connectivity index (χ2v) is 7.70. The third kappa shape index (κ3) is 2.58. The van der Waals surface area contributed by atoms with Gasteiger partial charge < -0.3 is 10.2 Å². The largest absolute Gasteiger partial charge is 0.322 e. The fraction of sp³-hybridized carbons (Fsp3) is 0.429. The summed E-state index contributed by atoms with van der Waals surface area (Å²) in [4.78, 5) is 22.1. The van der Waals surface area contributed by atoms with Gasteiger partial charge in [-0.05, 0) is 55.6 Å². The monoisotopic (exact) mass is 348 g/mol. The molecule has 134 valence electrons. The Bertz CT molecular complexity index is 773. The molecule has 4 fully saturated rings. The zero-order valence-electron chi connectivity index (χ0n) is 14.8. The van der Waals surface area contributed by atoms with Crippen LogP contribution in [0.1, 0.15) is 24.3 Å². The normalized spacial score (nSPS) is 32.3. The van der Waals surface area contributed by atoms with Gasteiger partial charge in [0.05, 0.1) is 6.04 Å². The molecular weight excluding hydrogens is 324 g/mol. The molecule has 0 spiro atoms. The number of pyridine rings is 1. The van der Waals surface area contributed by atoms with Crippen LogP contribution in [0.25, 0.3) is 0 Å². The molecule has 2 aromatic rings. The van der Waals surface area contributed by atoms with Crippen LogP contribution in [0.2, 0.25) is 0 Å². The van der Waals surface area contributed by atoms with Crippen molar-refractivity contribution in [1.29, 1.82) is 0 Å². The lowest BCUT2D eigenvalue weighted by Gasteiger charge is -2.51. The summed E-state index contributed by atoms with van der Waals surface area (Å²) in [5.74, 6) is 0.964. The van der Waals surface area contributed by atoms with Crippen LogP contribution in [0.15, 0.2) is 54.9 Å². The Morgan fingerprint density at radius 3 is 2.58 bits per heavy atom. The van der Waals surface area contributed by atoms with E-state index >= 15 is 0 Å². The number of carbonyl (C=O) groups is 1. The number of anilines is 1. The number of para-hydroxylation sites is 1. The van der Waals surface area contributed by atoms with E-state index in [4.69, 9.17) is 0 Å². The summed E-state index contributed by atoms with van der Waals surface area (Å²) in [6.45, 7) is 3.10. The van der Waals surface area contributed by atoms with Crippen molar-refractivity contribution in [1.82, 2.24) is 14.8 Å². The molecule has 5 heterocycles. The lowest BCUT2D eigenvalue weighted by atomic mass is 9.75. The van der Waals surface area contributed by atoms with Gasteiger partial charge in [-0.2, -0.15) is 0 Å². The molecule has 2 bridgehead atoms. The Morgan fingerprint density at radius 1 is 1.04 bits per heavy atom. The van der Waals surface area contributed by atoms with Crippen molar-refractivity contribution in [2.75, 3.05) is 25.0 Å². The molecule has 1 aromatic carbocycles. The number of nitrogens with zero attached hydrogens (tertiary/aromatic N) is 3. The minimum Gasteiger partial charge on any atom is -0.319 e. The van der Waals surface area contributed by atoms with Crippen molar-refractivity contribution in [2.45, 2.75) is 30.8 Å². The highest BCUT2D eigenvalue weighted by molar-refractivity contribution is 5.90. The van der Waals surface area contributed by atoms with E-state index in [0.717, 1.165) is 25.3 Å². The van der Waals surface area contributed by atoms with Crippen molar-refractivity contribution in [2.24, 2.45) is 5.92 Å². The Kier molecular flexibility index (Phi) is 3.89. The molecule has 0 aliphatic carbocycles. The van der Waals surface area contributed by atoms with Crippen LogP contribution in [0.5, 0.6) is 0 Å². The Labute approximate surface area is 154 Å². The molecule has 2 amide bonds. The highest BCUT2D eigenvalue weighted by Gasteiger charge is 2.54. The zero-order valence-corrected chi connectivity index (χ0v) is 14.8. The number of likely N-dealkylation sites (tertiary alicyclic amines) is 1. The van der Waals surface area contributed by atoms with E-state index in [1.807, 2.05) is 48.8 Å². The first-order chi connectivity index (χ1) is 12.8. The van der Waals surface area contributed by atoms with Crippen LogP contribution < -0.4 is 5.32 Å². The average molecular weight is 348 g/mol. The summed E-state index contributed by atoms with van der Waals surface area (Å²) >= 11 is 0. The predicted octanol–water partition coefficient (Wildman–Crippen LogP) is 3.18. The molecule has 0 radical (unpaired) electrons. The van der Waals surface area contributed by atoms with Crippen LogP contribution in [-0.4, -0.2) is 52.5 Å². The lowest BCUT2D eigenvalue weighted by Crippen LogP contribution is -2.61. The highest BCUT2D eigenvalue weighted by atomic mass is 16.2. The number of hydrogen-bond donors (Lipinski definition) is 1.